The van der Waals surface area contributed by atoms with E-state index in [-0.39, 0.29) is 11.8 Å². The van der Waals surface area contributed by atoms with E-state index in [4.69, 9.17) is 11.6 Å². The molecule has 2 aromatic carbocycles. The number of hydrogen-bond acceptors (Lipinski definition) is 3. The number of aromatic nitrogens is 2. The fourth-order valence-electron chi connectivity index (χ4n) is 3.79. The second-order valence-electron chi connectivity index (χ2n) is 7.42. The molecule has 3 aromatic rings. The number of carbonyl (C=O) groups excluding carboxylic acids is 1. The highest BCUT2D eigenvalue weighted by Gasteiger charge is 2.29. The Balaban J connectivity index is 1.42. The smallest absolute Gasteiger partial charge is 0.230 e. The van der Waals surface area contributed by atoms with E-state index in [1.54, 1.807) is 0 Å². The summed E-state index contributed by atoms with van der Waals surface area (Å²) < 4.78 is 0. The Kier molecular flexibility index (Phi) is 5.09. The van der Waals surface area contributed by atoms with Crippen LogP contribution in [-0.2, 0) is 4.79 Å². The predicted octanol–water partition coefficient (Wildman–Crippen LogP) is 4.81. The number of benzene rings is 2. The zero-order chi connectivity index (χ0) is 19.7. The zero-order valence-electron chi connectivity index (χ0n) is 16.0. The van der Waals surface area contributed by atoms with Crippen molar-refractivity contribution in [3.05, 3.63) is 64.7 Å². The summed E-state index contributed by atoms with van der Waals surface area (Å²) in [5.41, 5.74) is 5.33. The van der Waals surface area contributed by atoms with Gasteiger partial charge < -0.3 is 10.2 Å². The highest BCUT2D eigenvalue weighted by atomic mass is 35.5. The Morgan fingerprint density at radius 2 is 1.93 bits per heavy atom. The first-order valence-electron chi connectivity index (χ1n) is 9.44. The summed E-state index contributed by atoms with van der Waals surface area (Å²) in [5, 5.41) is 11.0. The average Bonchev–Trinajstić information content (AvgIpc) is 3.31. The van der Waals surface area contributed by atoms with Crippen molar-refractivity contribution >= 4 is 29.0 Å². The fourth-order valence-corrected chi connectivity index (χ4v) is 4.05. The Morgan fingerprint density at radius 3 is 2.68 bits per heavy atom. The van der Waals surface area contributed by atoms with Gasteiger partial charge in [-0.15, -0.1) is 0 Å². The number of nitrogens with one attached hydrogen (secondary N) is 2. The quantitative estimate of drug-likeness (QED) is 0.667. The molecule has 2 N–H and O–H groups in total. The number of aryl methyl sites for hydroxylation is 2. The van der Waals surface area contributed by atoms with Crippen molar-refractivity contribution in [2.24, 2.45) is 5.92 Å². The van der Waals surface area contributed by atoms with Gasteiger partial charge >= 0.3 is 0 Å². The molecule has 1 aliphatic heterocycles. The molecule has 1 atom stereocenters. The molecule has 1 saturated heterocycles. The third-order valence-corrected chi connectivity index (χ3v) is 5.43. The van der Waals surface area contributed by atoms with Gasteiger partial charge in [0.15, 0.2) is 5.82 Å². The number of nitrogens with zero attached hydrogens (tertiary/aromatic N) is 2. The zero-order valence-corrected chi connectivity index (χ0v) is 16.8. The van der Waals surface area contributed by atoms with E-state index in [9.17, 15) is 4.79 Å². The summed E-state index contributed by atoms with van der Waals surface area (Å²) in [7, 11) is 0. The summed E-state index contributed by atoms with van der Waals surface area (Å²) in [4.78, 5) is 14.9. The van der Waals surface area contributed by atoms with Crippen molar-refractivity contribution in [1.82, 2.24) is 10.2 Å². The monoisotopic (exact) mass is 394 g/mol. The fraction of sp³-hybridized carbons (Fsp3) is 0.273. The van der Waals surface area contributed by atoms with E-state index in [0.29, 0.717) is 17.4 Å². The summed E-state index contributed by atoms with van der Waals surface area (Å²) in [6, 6.07) is 16.0. The predicted molar refractivity (Wildman–Crippen MR) is 114 cm³/mol. The maximum Gasteiger partial charge on any atom is 0.230 e. The van der Waals surface area contributed by atoms with Crippen molar-refractivity contribution in [3.8, 4) is 11.3 Å². The molecular weight excluding hydrogens is 372 g/mol. The molecule has 0 aliphatic carbocycles. The minimum Gasteiger partial charge on any atom is -0.370 e. The molecule has 144 valence electrons. The maximum absolute atomic E-state index is 12.7. The molecule has 1 amide bonds. The van der Waals surface area contributed by atoms with Gasteiger partial charge in [-0.25, -0.2) is 0 Å². The van der Waals surface area contributed by atoms with E-state index in [1.165, 1.54) is 11.1 Å². The van der Waals surface area contributed by atoms with Gasteiger partial charge in [-0.1, -0.05) is 40.9 Å². The van der Waals surface area contributed by atoms with Gasteiger partial charge in [0.2, 0.25) is 5.91 Å². The number of carbonyl (C=O) groups is 1. The highest BCUT2D eigenvalue weighted by molar-refractivity contribution is 6.33. The lowest BCUT2D eigenvalue weighted by atomic mass is 10.1. The van der Waals surface area contributed by atoms with Crippen molar-refractivity contribution in [2.45, 2.75) is 20.3 Å². The number of rotatable bonds is 4. The van der Waals surface area contributed by atoms with Crippen molar-refractivity contribution in [2.75, 3.05) is 23.3 Å². The first kappa shape index (κ1) is 18.6. The van der Waals surface area contributed by atoms with Gasteiger partial charge in [0, 0.05) is 24.7 Å². The van der Waals surface area contributed by atoms with Crippen LogP contribution in [0.2, 0.25) is 5.02 Å². The molecule has 0 bridgehead atoms. The van der Waals surface area contributed by atoms with Crippen LogP contribution in [0.3, 0.4) is 0 Å². The first-order valence-corrected chi connectivity index (χ1v) is 9.82. The molecule has 4 rings (SSSR count). The lowest BCUT2D eigenvalue weighted by Crippen LogP contribution is -2.27. The molecule has 0 radical (unpaired) electrons. The largest absolute Gasteiger partial charge is 0.370 e. The van der Waals surface area contributed by atoms with Crippen LogP contribution in [-0.4, -0.2) is 29.2 Å². The van der Waals surface area contributed by atoms with Crippen LogP contribution in [0, 0.1) is 19.8 Å². The van der Waals surface area contributed by atoms with Crippen LogP contribution >= 0.6 is 11.6 Å². The Morgan fingerprint density at radius 1 is 1.18 bits per heavy atom. The second kappa shape index (κ2) is 7.68. The number of halogens is 1. The van der Waals surface area contributed by atoms with Gasteiger partial charge in [0.05, 0.1) is 22.3 Å². The Hall–Kier alpha value is -2.79. The van der Waals surface area contributed by atoms with Crippen molar-refractivity contribution in [3.63, 3.8) is 0 Å². The van der Waals surface area contributed by atoms with Crippen LogP contribution in [0.4, 0.5) is 11.5 Å². The summed E-state index contributed by atoms with van der Waals surface area (Å²) in [6.07, 6.45) is 0.797. The summed E-state index contributed by atoms with van der Waals surface area (Å²) >= 11 is 6.29. The van der Waals surface area contributed by atoms with Crippen LogP contribution < -0.4 is 10.2 Å². The number of para-hydroxylation sites is 1. The van der Waals surface area contributed by atoms with Gasteiger partial charge in [0.1, 0.15) is 0 Å². The van der Waals surface area contributed by atoms with Crippen molar-refractivity contribution < 1.29 is 4.79 Å². The first-order chi connectivity index (χ1) is 13.5. The molecule has 0 saturated carbocycles. The molecule has 5 nitrogen and oxygen atoms in total. The minimum absolute atomic E-state index is 0.00646. The van der Waals surface area contributed by atoms with Crippen LogP contribution in [0.5, 0.6) is 0 Å². The van der Waals surface area contributed by atoms with Crippen LogP contribution in [0.1, 0.15) is 17.5 Å². The number of aromatic amines is 1. The summed E-state index contributed by atoms with van der Waals surface area (Å²) in [5.74, 6) is 0.459. The highest BCUT2D eigenvalue weighted by Crippen LogP contribution is 2.30. The number of H-pyrrole nitrogens is 1. The standard InChI is InChI=1S/C22H23ClN4O/c1-14-9-15(2)11-17(10-14)19-12-21(26-25-19)24-22(28)16-7-8-27(13-16)20-6-4-3-5-18(20)23/h3-6,9-12,16H,7-8,13H2,1-2H3,(H2,24,25,26,28). The number of hydrogen-bond donors (Lipinski definition) is 2. The Bertz CT molecular complexity index is 993. The lowest BCUT2D eigenvalue weighted by Gasteiger charge is -2.19. The molecule has 0 spiro atoms. The molecule has 1 fully saturated rings. The average molecular weight is 395 g/mol. The number of anilines is 2. The molecule has 28 heavy (non-hydrogen) atoms. The Labute approximate surface area is 169 Å². The topological polar surface area (TPSA) is 61.0 Å². The van der Waals surface area contributed by atoms with E-state index in [2.05, 4.69) is 52.5 Å². The van der Waals surface area contributed by atoms with Crippen molar-refractivity contribution in [1.29, 1.82) is 0 Å². The molecule has 1 unspecified atom stereocenters. The van der Waals surface area contributed by atoms with Gasteiger partial charge in [-0.3, -0.25) is 9.89 Å². The lowest BCUT2D eigenvalue weighted by molar-refractivity contribution is -0.119. The van der Waals surface area contributed by atoms with E-state index in [1.807, 2.05) is 30.3 Å². The third kappa shape index (κ3) is 3.90. The SMILES string of the molecule is Cc1cc(C)cc(-c2cc(NC(=O)C3CCN(c4ccccc4Cl)C3)n[nH]2)c1. The van der Waals surface area contributed by atoms with Gasteiger partial charge in [0.25, 0.3) is 0 Å². The molecule has 1 aliphatic rings. The summed E-state index contributed by atoms with van der Waals surface area (Å²) in [6.45, 7) is 5.61. The van der Waals surface area contributed by atoms with E-state index in [0.717, 1.165) is 29.9 Å². The molecule has 1 aromatic heterocycles. The van der Waals surface area contributed by atoms with E-state index < -0.39 is 0 Å². The molecule has 6 heteroatoms. The van der Waals surface area contributed by atoms with Crippen LogP contribution in [0.15, 0.2) is 48.5 Å². The minimum atomic E-state index is -0.0855. The normalized spacial score (nSPS) is 16.4. The second-order valence-corrected chi connectivity index (χ2v) is 7.82. The maximum atomic E-state index is 12.7. The van der Waals surface area contributed by atoms with Crippen LogP contribution in [0.25, 0.3) is 11.3 Å². The van der Waals surface area contributed by atoms with Gasteiger partial charge in [-0.2, -0.15) is 5.10 Å². The molecule has 2 heterocycles. The number of amides is 1. The van der Waals surface area contributed by atoms with Gasteiger partial charge in [-0.05, 0) is 44.5 Å². The molecular formula is C22H23ClN4O. The van der Waals surface area contributed by atoms with E-state index >= 15 is 0 Å². The third-order valence-electron chi connectivity index (χ3n) is 5.11.